The fourth-order valence-corrected chi connectivity index (χ4v) is 3.07. The number of nitrogens with zero attached hydrogens (tertiary/aromatic N) is 1. The number of hydrogen-bond acceptors (Lipinski definition) is 3. The molecular formula is C22H37NO3. The summed E-state index contributed by atoms with van der Waals surface area (Å²) in [5.41, 5.74) is 1.04. The Balaban J connectivity index is 2.98. The molecule has 0 aromatic heterocycles. The maximum atomic E-state index is 13.0. The van der Waals surface area contributed by atoms with Crippen molar-refractivity contribution in [3.8, 4) is 11.5 Å². The van der Waals surface area contributed by atoms with Gasteiger partial charge in [-0.2, -0.15) is 0 Å². The van der Waals surface area contributed by atoms with Gasteiger partial charge in [-0.1, -0.05) is 53.0 Å². The minimum absolute atomic E-state index is 0.0178. The molecule has 0 aliphatic heterocycles. The maximum Gasteiger partial charge on any atom is 0.223 e. The van der Waals surface area contributed by atoms with Gasteiger partial charge in [0.05, 0.1) is 14.2 Å². The van der Waals surface area contributed by atoms with Crippen LogP contribution in [0.5, 0.6) is 11.5 Å². The van der Waals surface area contributed by atoms with E-state index in [-0.39, 0.29) is 17.4 Å². The zero-order valence-electron chi connectivity index (χ0n) is 17.7. The van der Waals surface area contributed by atoms with E-state index in [9.17, 15) is 4.79 Å². The van der Waals surface area contributed by atoms with E-state index in [4.69, 9.17) is 9.47 Å². The second-order valence-corrected chi connectivity index (χ2v) is 8.29. The van der Waals surface area contributed by atoms with Gasteiger partial charge in [0.25, 0.3) is 0 Å². The first-order chi connectivity index (χ1) is 12.2. The Bertz CT molecular complexity index is 563. The van der Waals surface area contributed by atoms with Crippen LogP contribution in [0.4, 0.5) is 0 Å². The van der Waals surface area contributed by atoms with E-state index in [1.165, 1.54) is 12.8 Å². The second-order valence-electron chi connectivity index (χ2n) is 8.29. The summed E-state index contributed by atoms with van der Waals surface area (Å²) in [7, 11) is 3.27. The summed E-state index contributed by atoms with van der Waals surface area (Å²) in [4.78, 5) is 15.0. The molecule has 0 saturated carbocycles. The first-order valence-corrected chi connectivity index (χ1v) is 9.72. The molecule has 0 saturated heterocycles. The van der Waals surface area contributed by atoms with Gasteiger partial charge in [0, 0.05) is 19.0 Å². The van der Waals surface area contributed by atoms with Crippen molar-refractivity contribution >= 4 is 5.91 Å². The molecule has 4 nitrogen and oxygen atoms in total. The average molecular weight is 364 g/mol. The highest BCUT2D eigenvalue weighted by molar-refractivity contribution is 5.77. The third-order valence-electron chi connectivity index (χ3n) is 4.56. The van der Waals surface area contributed by atoms with Crippen molar-refractivity contribution < 1.29 is 14.3 Å². The summed E-state index contributed by atoms with van der Waals surface area (Å²) in [5, 5.41) is 0. The minimum Gasteiger partial charge on any atom is -0.493 e. The van der Waals surface area contributed by atoms with E-state index < -0.39 is 0 Å². The fourth-order valence-electron chi connectivity index (χ4n) is 3.07. The number of methoxy groups -OCH3 is 2. The third kappa shape index (κ3) is 7.27. The molecule has 0 aliphatic rings. The largest absolute Gasteiger partial charge is 0.493 e. The Morgan fingerprint density at radius 3 is 2.31 bits per heavy atom. The Labute approximate surface area is 159 Å². The molecule has 0 fully saturated rings. The summed E-state index contributed by atoms with van der Waals surface area (Å²) in [6.45, 7) is 11.3. The number of unbranched alkanes of at least 4 members (excludes halogenated alkanes) is 2. The van der Waals surface area contributed by atoms with Crippen LogP contribution in [-0.2, 0) is 11.3 Å². The van der Waals surface area contributed by atoms with Gasteiger partial charge in [-0.3, -0.25) is 4.79 Å². The molecule has 1 atom stereocenters. The predicted molar refractivity (Wildman–Crippen MR) is 108 cm³/mol. The van der Waals surface area contributed by atoms with Crippen molar-refractivity contribution in [1.29, 1.82) is 0 Å². The molecule has 4 heteroatoms. The second kappa shape index (κ2) is 10.4. The molecule has 0 spiro atoms. The van der Waals surface area contributed by atoms with Gasteiger partial charge >= 0.3 is 0 Å². The van der Waals surface area contributed by atoms with E-state index in [2.05, 4.69) is 34.6 Å². The van der Waals surface area contributed by atoms with Crippen molar-refractivity contribution in [3.05, 3.63) is 23.8 Å². The van der Waals surface area contributed by atoms with Crippen LogP contribution < -0.4 is 9.47 Å². The highest BCUT2D eigenvalue weighted by Gasteiger charge is 2.25. The quantitative estimate of drug-likeness (QED) is 0.520. The minimum atomic E-state index is -0.0178. The maximum absolute atomic E-state index is 13.0. The molecule has 1 aromatic carbocycles. The van der Waals surface area contributed by atoms with Crippen LogP contribution in [0.25, 0.3) is 0 Å². The number of rotatable bonds is 10. The van der Waals surface area contributed by atoms with Gasteiger partial charge in [0.1, 0.15) is 0 Å². The molecule has 1 unspecified atom stereocenters. The van der Waals surface area contributed by atoms with Crippen molar-refractivity contribution in [2.45, 2.75) is 79.3 Å². The highest BCUT2D eigenvalue weighted by Crippen LogP contribution is 2.29. The van der Waals surface area contributed by atoms with Crippen molar-refractivity contribution in [2.24, 2.45) is 5.41 Å². The van der Waals surface area contributed by atoms with Gasteiger partial charge in [-0.15, -0.1) is 0 Å². The molecule has 0 heterocycles. The SMILES string of the molecule is CCCCCC(C)N(Cc1ccc(OC)c(OC)c1)C(=O)CC(C)(C)C. The van der Waals surface area contributed by atoms with E-state index in [0.29, 0.717) is 24.5 Å². The molecule has 1 amide bonds. The lowest BCUT2D eigenvalue weighted by Gasteiger charge is -2.32. The molecule has 0 N–H and O–H groups in total. The number of hydrogen-bond donors (Lipinski definition) is 0. The summed E-state index contributed by atoms with van der Waals surface area (Å²) in [6.07, 6.45) is 5.15. The van der Waals surface area contributed by atoms with E-state index in [1.54, 1.807) is 14.2 Å². The van der Waals surface area contributed by atoms with Crippen LogP contribution in [-0.4, -0.2) is 31.1 Å². The fraction of sp³-hybridized carbons (Fsp3) is 0.682. The van der Waals surface area contributed by atoms with Crippen LogP contribution in [0.1, 0.15) is 72.3 Å². The van der Waals surface area contributed by atoms with E-state index in [0.717, 1.165) is 18.4 Å². The average Bonchev–Trinajstić information content (AvgIpc) is 2.57. The normalized spacial score (nSPS) is 12.6. The number of benzene rings is 1. The first kappa shape index (κ1) is 22.3. The van der Waals surface area contributed by atoms with E-state index >= 15 is 0 Å². The van der Waals surface area contributed by atoms with E-state index in [1.807, 2.05) is 23.1 Å². The standard InChI is InChI=1S/C22H37NO3/c1-8-9-10-11-17(2)23(21(24)15-22(3,4)5)16-18-12-13-19(25-6)20(14-18)26-7/h12-14,17H,8-11,15-16H2,1-7H3. The van der Waals surface area contributed by atoms with Gasteiger partial charge in [0.15, 0.2) is 11.5 Å². The number of ether oxygens (including phenoxy) is 2. The van der Waals surface area contributed by atoms with Crippen LogP contribution in [0.15, 0.2) is 18.2 Å². The third-order valence-corrected chi connectivity index (χ3v) is 4.56. The van der Waals surface area contributed by atoms with Crippen LogP contribution in [0, 0.1) is 5.41 Å². The van der Waals surface area contributed by atoms with Crippen molar-refractivity contribution in [2.75, 3.05) is 14.2 Å². The first-order valence-electron chi connectivity index (χ1n) is 9.72. The summed E-state index contributed by atoms with van der Waals surface area (Å²) in [5.74, 6) is 1.63. The van der Waals surface area contributed by atoms with Crippen LogP contribution >= 0.6 is 0 Å². The number of amides is 1. The summed E-state index contributed by atoms with van der Waals surface area (Å²) < 4.78 is 10.7. The van der Waals surface area contributed by atoms with Crippen molar-refractivity contribution in [1.82, 2.24) is 4.90 Å². The number of carbonyl (C=O) groups is 1. The molecule has 1 aromatic rings. The molecule has 148 valence electrons. The van der Waals surface area contributed by atoms with Gasteiger partial charge in [0.2, 0.25) is 5.91 Å². The smallest absolute Gasteiger partial charge is 0.223 e. The molecule has 0 bridgehead atoms. The van der Waals surface area contributed by atoms with Crippen LogP contribution in [0.2, 0.25) is 0 Å². The molecule has 0 radical (unpaired) electrons. The Hall–Kier alpha value is -1.71. The van der Waals surface area contributed by atoms with Gasteiger partial charge in [-0.05, 0) is 36.5 Å². The highest BCUT2D eigenvalue weighted by atomic mass is 16.5. The lowest BCUT2D eigenvalue weighted by atomic mass is 9.91. The molecule has 0 aliphatic carbocycles. The van der Waals surface area contributed by atoms with Gasteiger partial charge in [-0.25, -0.2) is 0 Å². The topological polar surface area (TPSA) is 38.8 Å². The zero-order chi connectivity index (χ0) is 19.7. The summed E-state index contributed by atoms with van der Waals surface area (Å²) >= 11 is 0. The lowest BCUT2D eigenvalue weighted by molar-refractivity contribution is -0.136. The van der Waals surface area contributed by atoms with Crippen molar-refractivity contribution in [3.63, 3.8) is 0 Å². The zero-order valence-corrected chi connectivity index (χ0v) is 17.7. The molecular weight excluding hydrogens is 326 g/mol. The number of carbonyl (C=O) groups excluding carboxylic acids is 1. The lowest BCUT2D eigenvalue weighted by Crippen LogP contribution is -2.39. The van der Waals surface area contributed by atoms with Crippen LogP contribution in [0.3, 0.4) is 0 Å². The predicted octanol–water partition coefficient (Wildman–Crippen LogP) is 5.44. The Kier molecular flexibility index (Phi) is 8.97. The molecule has 1 rings (SSSR count). The monoisotopic (exact) mass is 363 g/mol. The summed E-state index contributed by atoms with van der Waals surface area (Å²) in [6, 6.07) is 6.11. The Morgan fingerprint density at radius 2 is 1.77 bits per heavy atom. The van der Waals surface area contributed by atoms with Gasteiger partial charge < -0.3 is 14.4 Å². The Morgan fingerprint density at radius 1 is 1.12 bits per heavy atom. The molecule has 26 heavy (non-hydrogen) atoms.